The second kappa shape index (κ2) is 10.8. The zero-order chi connectivity index (χ0) is 27.5. The molecule has 0 aliphatic heterocycles. The third kappa shape index (κ3) is 6.51. The summed E-state index contributed by atoms with van der Waals surface area (Å²) in [5, 5.41) is 10.1. The van der Waals surface area contributed by atoms with E-state index in [9.17, 15) is 54.6 Å². The predicted molar refractivity (Wildman–Crippen MR) is 116 cm³/mol. The fourth-order valence-corrected chi connectivity index (χ4v) is 4.38. The van der Waals surface area contributed by atoms with Crippen LogP contribution in [0.3, 0.4) is 0 Å². The number of alkyl halides is 7. The topological polar surface area (TPSA) is 118 Å². The van der Waals surface area contributed by atoms with Gasteiger partial charge >= 0.3 is 17.4 Å². The van der Waals surface area contributed by atoms with Crippen molar-refractivity contribution in [3.05, 3.63) is 52.6 Å². The van der Waals surface area contributed by atoms with Crippen LogP contribution in [0.15, 0.2) is 52.3 Å². The third-order valence-electron chi connectivity index (χ3n) is 4.12. The van der Waals surface area contributed by atoms with Crippen LogP contribution in [0, 0.1) is 10.1 Å². The highest BCUT2D eigenvalue weighted by molar-refractivity contribution is 8.00. The molecule has 2 aromatic rings. The van der Waals surface area contributed by atoms with Gasteiger partial charge in [-0.2, -0.15) is 30.7 Å². The Morgan fingerprint density at radius 3 is 2.11 bits per heavy atom. The largest absolute Gasteiger partial charge is 0.461 e. The molecule has 1 unspecified atom stereocenters. The normalized spacial score (nSPS) is 13.1. The van der Waals surface area contributed by atoms with Crippen molar-refractivity contribution in [2.24, 2.45) is 0 Å². The molecule has 0 heterocycles. The Morgan fingerprint density at radius 1 is 1.00 bits per heavy atom. The summed E-state index contributed by atoms with van der Waals surface area (Å²) >= 11 is 0.517. The minimum Gasteiger partial charge on any atom is -0.326 e. The highest BCUT2D eigenvalue weighted by Crippen LogP contribution is 2.49. The Labute approximate surface area is 204 Å². The lowest BCUT2D eigenvalue weighted by molar-refractivity contribution is -0.388. The number of benzene rings is 2. The maximum atomic E-state index is 13.7. The van der Waals surface area contributed by atoms with Crippen LogP contribution in [-0.4, -0.2) is 44.1 Å². The Morgan fingerprint density at radius 2 is 1.58 bits per heavy atom. The van der Waals surface area contributed by atoms with Gasteiger partial charge in [-0.05, 0) is 30.3 Å². The molecule has 0 radical (unpaired) electrons. The van der Waals surface area contributed by atoms with Gasteiger partial charge in [-0.1, -0.05) is 6.07 Å². The number of carbonyl (C=O) groups is 2. The number of anilines is 2. The van der Waals surface area contributed by atoms with Gasteiger partial charge in [0.15, 0.2) is 0 Å². The van der Waals surface area contributed by atoms with E-state index in [-0.39, 0.29) is 22.6 Å². The molecule has 0 aliphatic carbocycles. The summed E-state index contributed by atoms with van der Waals surface area (Å²) < 4.78 is 103. The molecule has 0 spiro atoms. The summed E-state index contributed by atoms with van der Waals surface area (Å²) in [4.78, 5) is 31.7. The standard InChI is InChI=1S/C19H14F7N3O5S2/c1-10(30)27-11-3-2-4-12(7-11)28-16(31)9-35-15-6-5-13(8-14(15)29(32)33)36(34)19(25,26)17(20,21)18(22,23)24/h2-8H,9H2,1H3,(H,27,30)(H,28,31). The number of rotatable bonds is 9. The van der Waals surface area contributed by atoms with Crippen LogP contribution in [-0.2, 0) is 20.4 Å². The van der Waals surface area contributed by atoms with E-state index in [1.807, 2.05) is 0 Å². The Kier molecular flexibility index (Phi) is 8.72. The van der Waals surface area contributed by atoms with Crippen molar-refractivity contribution in [1.82, 2.24) is 0 Å². The Hall–Kier alpha value is -3.21. The second-order valence-electron chi connectivity index (χ2n) is 6.84. The minimum absolute atomic E-state index is 0.174. The first-order valence-electron chi connectivity index (χ1n) is 9.30. The number of thioether (sulfide) groups is 1. The summed E-state index contributed by atoms with van der Waals surface area (Å²) in [5.41, 5.74) is -0.433. The number of nitro groups is 1. The van der Waals surface area contributed by atoms with E-state index >= 15 is 0 Å². The van der Waals surface area contributed by atoms with Gasteiger partial charge in [0.1, 0.15) is 10.8 Å². The van der Waals surface area contributed by atoms with Crippen LogP contribution >= 0.6 is 11.8 Å². The van der Waals surface area contributed by atoms with Crippen LogP contribution in [0.4, 0.5) is 47.8 Å². The number of nitrogens with zero attached hydrogens (tertiary/aromatic N) is 1. The van der Waals surface area contributed by atoms with E-state index in [0.29, 0.717) is 29.6 Å². The van der Waals surface area contributed by atoms with E-state index in [2.05, 4.69) is 10.6 Å². The summed E-state index contributed by atoms with van der Waals surface area (Å²) in [5.74, 6) is -8.22. The van der Waals surface area contributed by atoms with Gasteiger partial charge in [-0.25, -0.2) is 4.21 Å². The molecule has 2 N–H and O–H groups in total. The van der Waals surface area contributed by atoms with Gasteiger partial charge in [0.05, 0.1) is 20.5 Å². The van der Waals surface area contributed by atoms with E-state index in [4.69, 9.17) is 0 Å². The van der Waals surface area contributed by atoms with Gasteiger partial charge < -0.3 is 10.6 Å². The van der Waals surface area contributed by atoms with E-state index in [0.717, 1.165) is 0 Å². The van der Waals surface area contributed by atoms with Crippen molar-refractivity contribution >= 4 is 51.4 Å². The van der Waals surface area contributed by atoms with Crippen molar-refractivity contribution in [3.63, 3.8) is 0 Å². The molecule has 2 aromatic carbocycles. The van der Waals surface area contributed by atoms with E-state index in [1.54, 1.807) is 0 Å². The fraction of sp³-hybridized carbons (Fsp3) is 0.263. The van der Waals surface area contributed by atoms with E-state index < -0.39 is 55.3 Å². The smallest absolute Gasteiger partial charge is 0.326 e. The summed E-state index contributed by atoms with van der Waals surface area (Å²) in [6.07, 6.45) is -6.73. The van der Waals surface area contributed by atoms with Crippen molar-refractivity contribution < 1.29 is 49.5 Å². The highest BCUT2D eigenvalue weighted by Gasteiger charge is 2.76. The number of hydrogen-bond acceptors (Lipinski definition) is 6. The molecular weight excluding hydrogens is 547 g/mol. The number of carbonyl (C=O) groups excluding carboxylic acids is 2. The molecular formula is C19H14F7N3O5S2. The zero-order valence-electron chi connectivity index (χ0n) is 17.7. The molecule has 36 heavy (non-hydrogen) atoms. The molecule has 0 bridgehead atoms. The monoisotopic (exact) mass is 561 g/mol. The number of nitrogens with one attached hydrogen (secondary N) is 2. The van der Waals surface area contributed by atoms with Gasteiger partial charge in [0, 0.05) is 24.4 Å². The average Bonchev–Trinajstić information content (AvgIpc) is 2.75. The van der Waals surface area contributed by atoms with Gasteiger partial charge in [-0.15, -0.1) is 11.8 Å². The molecule has 0 fully saturated rings. The molecule has 0 aromatic heterocycles. The lowest BCUT2D eigenvalue weighted by Gasteiger charge is -2.27. The molecule has 0 saturated heterocycles. The van der Waals surface area contributed by atoms with Crippen LogP contribution in [0.2, 0.25) is 0 Å². The molecule has 0 aliphatic rings. The first-order valence-corrected chi connectivity index (χ1v) is 11.4. The van der Waals surface area contributed by atoms with Crippen LogP contribution in [0.1, 0.15) is 6.92 Å². The van der Waals surface area contributed by atoms with Crippen molar-refractivity contribution in [2.45, 2.75) is 34.1 Å². The van der Waals surface area contributed by atoms with Gasteiger partial charge in [0.25, 0.3) is 5.69 Å². The molecule has 17 heteroatoms. The maximum Gasteiger partial charge on any atom is 0.461 e. The number of hydrogen-bond donors (Lipinski definition) is 2. The van der Waals surface area contributed by atoms with Crippen molar-refractivity contribution in [3.8, 4) is 0 Å². The van der Waals surface area contributed by atoms with Crippen LogP contribution < -0.4 is 10.6 Å². The van der Waals surface area contributed by atoms with Gasteiger partial charge in [0.2, 0.25) is 11.8 Å². The first kappa shape index (κ1) is 29.0. The summed E-state index contributed by atoms with van der Waals surface area (Å²) in [6, 6.07) is 7.26. The minimum atomic E-state index is -6.73. The molecule has 1 atom stereocenters. The molecule has 196 valence electrons. The zero-order valence-corrected chi connectivity index (χ0v) is 19.3. The average molecular weight is 561 g/mol. The predicted octanol–water partition coefficient (Wildman–Crippen LogP) is 5.18. The Bertz CT molecular complexity index is 1210. The quantitative estimate of drug-likeness (QED) is 0.189. The molecule has 8 nitrogen and oxygen atoms in total. The number of nitro benzene ring substituents is 1. The molecule has 0 saturated carbocycles. The lowest BCUT2D eigenvalue weighted by Crippen LogP contribution is -2.54. The summed E-state index contributed by atoms with van der Waals surface area (Å²) in [7, 11) is -4.32. The second-order valence-corrected chi connectivity index (χ2v) is 9.38. The number of halogens is 7. The lowest BCUT2D eigenvalue weighted by atomic mass is 10.2. The van der Waals surface area contributed by atoms with Crippen molar-refractivity contribution in [1.29, 1.82) is 0 Å². The SMILES string of the molecule is CC(=O)Nc1cccc(NC(=O)CSc2ccc(S(=O)C(F)(F)C(F)(F)C(F)(F)F)cc2[N+](=O)[O-])c1. The van der Waals surface area contributed by atoms with Crippen molar-refractivity contribution in [2.75, 3.05) is 16.4 Å². The van der Waals surface area contributed by atoms with Crippen LogP contribution in [0.5, 0.6) is 0 Å². The Balaban J connectivity index is 2.20. The first-order chi connectivity index (χ1) is 16.5. The summed E-state index contributed by atoms with van der Waals surface area (Å²) in [6.45, 7) is 1.26. The van der Waals surface area contributed by atoms with Crippen LogP contribution in [0.25, 0.3) is 0 Å². The molecule has 2 rings (SSSR count). The highest BCUT2D eigenvalue weighted by atomic mass is 32.2. The van der Waals surface area contributed by atoms with Gasteiger partial charge in [-0.3, -0.25) is 19.7 Å². The third-order valence-corrected chi connectivity index (χ3v) is 6.59. The fourth-order valence-electron chi connectivity index (χ4n) is 2.53. The number of amides is 2. The maximum absolute atomic E-state index is 13.7. The van der Waals surface area contributed by atoms with E-state index in [1.165, 1.54) is 31.2 Å². The molecule has 2 amide bonds.